The minimum Gasteiger partial charge on any atom is -0.339 e. The van der Waals surface area contributed by atoms with Gasteiger partial charge < -0.3 is 5.32 Å². The van der Waals surface area contributed by atoms with Gasteiger partial charge in [-0.2, -0.15) is 0 Å². The summed E-state index contributed by atoms with van der Waals surface area (Å²) in [6.45, 7) is 0. The van der Waals surface area contributed by atoms with Crippen LogP contribution in [0.25, 0.3) is 5.70 Å². The van der Waals surface area contributed by atoms with Crippen LogP contribution >= 0.6 is 11.6 Å². The average Bonchev–Trinajstić information content (AvgIpc) is 3.14. The van der Waals surface area contributed by atoms with Gasteiger partial charge in [-0.05, 0) is 17.7 Å². The number of aromatic nitrogens is 2. The van der Waals surface area contributed by atoms with E-state index < -0.39 is 5.92 Å². The number of carbonyl (C=O) groups is 1. The highest BCUT2D eigenvalue weighted by Crippen LogP contribution is 2.47. The summed E-state index contributed by atoms with van der Waals surface area (Å²) >= 11 is 6.01. The molecule has 1 aliphatic heterocycles. The lowest BCUT2D eigenvalue weighted by molar-refractivity contribution is 0.103. The summed E-state index contributed by atoms with van der Waals surface area (Å²) < 4.78 is 0. The number of benzene rings is 2. The van der Waals surface area contributed by atoms with Crippen LogP contribution in [0.3, 0.4) is 0 Å². The topological polar surface area (TPSA) is 77.8 Å². The van der Waals surface area contributed by atoms with Crippen molar-refractivity contribution in [3.8, 4) is 0 Å². The summed E-state index contributed by atoms with van der Waals surface area (Å²) in [4.78, 5) is 25.5. The molecule has 6 heteroatoms. The van der Waals surface area contributed by atoms with Crippen molar-refractivity contribution in [2.24, 2.45) is 0 Å². The van der Waals surface area contributed by atoms with E-state index in [1.54, 1.807) is 12.1 Å². The Kier molecular flexibility index (Phi) is 2.85. The van der Waals surface area contributed by atoms with Crippen molar-refractivity contribution in [1.82, 2.24) is 10.2 Å². The van der Waals surface area contributed by atoms with Crippen LogP contribution in [0, 0.1) is 0 Å². The van der Waals surface area contributed by atoms with E-state index in [9.17, 15) is 9.59 Å². The molecule has 5 nitrogen and oxygen atoms in total. The zero-order valence-corrected chi connectivity index (χ0v) is 13.6. The molecule has 2 aromatic carbocycles. The quantitative estimate of drug-likeness (QED) is 0.629. The average molecular weight is 350 g/mol. The zero-order valence-electron chi connectivity index (χ0n) is 12.9. The van der Waals surface area contributed by atoms with Crippen molar-refractivity contribution in [2.75, 3.05) is 5.32 Å². The van der Waals surface area contributed by atoms with E-state index in [4.69, 9.17) is 11.6 Å². The Bertz CT molecular complexity index is 1120. The van der Waals surface area contributed by atoms with Gasteiger partial charge in [0.2, 0.25) is 0 Å². The molecule has 0 fully saturated rings. The minimum absolute atomic E-state index is 0.0516. The van der Waals surface area contributed by atoms with Crippen molar-refractivity contribution >= 4 is 28.9 Å². The van der Waals surface area contributed by atoms with Crippen LogP contribution in [0.2, 0.25) is 5.02 Å². The standard InChI is InChI=1S/C19H12ClN3O2/c20-10-7-5-9(6-8-10)13-14-16(21-18-15(13)19(25)23-22-18)11-3-1-2-4-12(11)17(14)24/h1-8,13H,(H3,21,22,23,25)/t13-/m0/s1. The molecule has 2 heterocycles. The molecular formula is C19H12ClN3O2. The first kappa shape index (κ1) is 14.3. The molecule has 1 aromatic heterocycles. The molecule has 0 spiro atoms. The van der Waals surface area contributed by atoms with Gasteiger partial charge in [0.05, 0.1) is 11.3 Å². The third kappa shape index (κ3) is 1.90. The molecule has 0 unspecified atom stereocenters. The van der Waals surface area contributed by atoms with Crippen LogP contribution in [0.4, 0.5) is 5.82 Å². The fourth-order valence-corrected chi connectivity index (χ4v) is 3.84. The summed E-state index contributed by atoms with van der Waals surface area (Å²) in [5.41, 5.74) is 3.99. The monoisotopic (exact) mass is 349 g/mol. The van der Waals surface area contributed by atoms with Crippen molar-refractivity contribution in [2.45, 2.75) is 5.92 Å². The zero-order chi connectivity index (χ0) is 17.1. The molecule has 25 heavy (non-hydrogen) atoms. The predicted octanol–water partition coefficient (Wildman–Crippen LogP) is 3.52. The molecule has 0 amide bonds. The molecule has 3 aromatic rings. The van der Waals surface area contributed by atoms with E-state index in [0.29, 0.717) is 27.5 Å². The van der Waals surface area contributed by atoms with Gasteiger partial charge in [-0.25, -0.2) is 0 Å². The number of fused-ring (bicyclic) bond motifs is 3. The molecular weight excluding hydrogens is 338 g/mol. The number of hydrogen-bond donors (Lipinski definition) is 3. The number of ketones is 1. The molecule has 0 radical (unpaired) electrons. The van der Waals surface area contributed by atoms with E-state index in [1.807, 2.05) is 36.4 Å². The Labute approximate surface area is 147 Å². The van der Waals surface area contributed by atoms with Crippen LogP contribution in [0.5, 0.6) is 0 Å². The maximum atomic E-state index is 13.1. The van der Waals surface area contributed by atoms with Crippen molar-refractivity contribution in [3.05, 3.63) is 91.7 Å². The molecule has 2 aliphatic rings. The van der Waals surface area contributed by atoms with Gasteiger partial charge in [0.25, 0.3) is 5.56 Å². The SMILES string of the molecule is O=C1C2=C(Nc3[nH][nH]c(=O)c3[C@H]2c2ccc(Cl)cc2)c2ccccc21. The lowest BCUT2D eigenvalue weighted by Gasteiger charge is -2.25. The summed E-state index contributed by atoms with van der Waals surface area (Å²) in [5, 5.41) is 9.32. The molecule has 1 atom stereocenters. The number of allylic oxidation sites excluding steroid dienone is 1. The highest BCUT2D eigenvalue weighted by molar-refractivity contribution is 6.30. The summed E-state index contributed by atoms with van der Waals surface area (Å²) in [6.07, 6.45) is 0. The van der Waals surface area contributed by atoms with Crippen molar-refractivity contribution in [3.63, 3.8) is 0 Å². The number of hydrogen-bond acceptors (Lipinski definition) is 3. The number of anilines is 1. The maximum Gasteiger partial charge on any atom is 0.270 e. The second kappa shape index (κ2) is 4.97. The first-order valence-electron chi connectivity index (χ1n) is 7.86. The largest absolute Gasteiger partial charge is 0.339 e. The van der Waals surface area contributed by atoms with Gasteiger partial charge in [0, 0.05) is 27.6 Å². The Morgan fingerprint density at radius 2 is 1.60 bits per heavy atom. The molecule has 3 N–H and O–H groups in total. The van der Waals surface area contributed by atoms with Crippen LogP contribution in [0.1, 0.15) is 33.0 Å². The lowest BCUT2D eigenvalue weighted by Crippen LogP contribution is -2.23. The van der Waals surface area contributed by atoms with Crippen LogP contribution in [-0.2, 0) is 0 Å². The number of rotatable bonds is 1. The normalized spacial score (nSPS) is 17.8. The molecule has 0 saturated carbocycles. The van der Waals surface area contributed by atoms with Crippen LogP contribution in [-0.4, -0.2) is 16.0 Å². The molecule has 5 rings (SSSR count). The lowest BCUT2D eigenvalue weighted by atomic mass is 9.82. The van der Waals surface area contributed by atoms with Crippen molar-refractivity contribution in [1.29, 1.82) is 0 Å². The first-order valence-corrected chi connectivity index (χ1v) is 8.24. The van der Waals surface area contributed by atoms with E-state index in [2.05, 4.69) is 15.5 Å². The minimum atomic E-state index is -0.446. The van der Waals surface area contributed by atoms with Gasteiger partial charge in [-0.3, -0.25) is 19.8 Å². The van der Waals surface area contributed by atoms with E-state index in [0.717, 1.165) is 16.8 Å². The van der Waals surface area contributed by atoms with E-state index >= 15 is 0 Å². The fraction of sp³-hybridized carbons (Fsp3) is 0.0526. The van der Waals surface area contributed by atoms with Crippen LogP contribution in [0.15, 0.2) is 58.9 Å². The maximum absolute atomic E-state index is 13.1. The van der Waals surface area contributed by atoms with Gasteiger partial charge in [-0.1, -0.05) is 48.0 Å². The smallest absolute Gasteiger partial charge is 0.270 e. The second-order valence-corrected chi connectivity index (χ2v) is 6.58. The molecule has 0 saturated heterocycles. The Hall–Kier alpha value is -3.05. The van der Waals surface area contributed by atoms with Gasteiger partial charge in [0.15, 0.2) is 5.78 Å². The third-order valence-electron chi connectivity index (χ3n) is 4.80. The Morgan fingerprint density at radius 1 is 0.880 bits per heavy atom. The number of halogens is 1. The molecule has 0 bridgehead atoms. The number of Topliss-reactive ketones (excluding diaryl/α,β-unsaturated/α-hetero) is 1. The Balaban J connectivity index is 1.80. The van der Waals surface area contributed by atoms with Crippen LogP contribution < -0.4 is 10.9 Å². The number of H-pyrrole nitrogens is 2. The third-order valence-corrected chi connectivity index (χ3v) is 5.05. The van der Waals surface area contributed by atoms with E-state index in [1.165, 1.54) is 0 Å². The first-order chi connectivity index (χ1) is 12.1. The highest BCUT2D eigenvalue weighted by atomic mass is 35.5. The molecule has 1 aliphatic carbocycles. The molecule has 122 valence electrons. The highest BCUT2D eigenvalue weighted by Gasteiger charge is 2.41. The predicted molar refractivity (Wildman–Crippen MR) is 96.0 cm³/mol. The summed E-state index contributed by atoms with van der Waals surface area (Å²) in [5.74, 6) is 0.0934. The fourth-order valence-electron chi connectivity index (χ4n) is 3.71. The Morgan fingerprint density at radius 3 is 2.36 bits per heavy atom. The number of nitrogens with one attached hydrogen (secondary N) is 3. The van der Waals surface area contributed by atoms with E-state index in [-0.39, 0.29) is 11.3 Å². The summed E-state index contributed by atoms with van der Waals surface area (Å²) in [6, 6.07) is 14.7. The van der Waals surface area contributed by atoms with Gasteiger partial charge >= 0.3 is 0 Å². The van der Waals surface area contributed by atoms with Crippen molar-refractivity contribution < 1.29 is 4.79 Å². The number of aromatic amines is 2. The second-order valence-electron chi connectivity index (χ2n) is 6.14. The summed E-state index contributed by atoms with van der Waals surface area (Å²) in [7, 11) is 0. The van der Waals surface area contributed by atoms with Gasteiger partial charge in [-0.15, -0.1) is 0 Å². The number of carbonyl (C=O) groups excluding carboxylic acids is 1. The van der Waals surface area contributed by atoms with Gasteiger partial charge in [0.1, 0.15) is 5.82 Å².